The first-order chi connectivity index (χ1) is 9.54. The second-order valence-corrected chi connectivity index (χ2v) is 4.80. The number of carbonyl (C=O) groups excluding carboxylic acids is 2. The van der Waals surface area contributed by atoms with Gasteiger partial charge in [0, 0.05) is 25.2 Å². The standard InChI is InChI=1S/C15H19N3O2/c1-4-18(3)15(20)10(2)17-14(19)12-7-5-6-11-8-9-16-13(11)12/h5-10,16H,4H2,1-3H3,(H,17,19). The van der Waals surface area contributed by atoms with Crippen LogP contribution in [0, 0.1) is 0 Å². The Hall–Kier alpha value is -2.30. The van der Waals surface area contributed by atoms with Crippen LogP contribution in [0.5, 0.6) is 0 Å². The largest absolute Gasteiger partial charge is 0.361 e. The Morgan fingerprint density at radius 2 is 2.10 bits per heavy atom. The molecule has 20 heavy (non-hydrogen) atoms. The summed E-state index contributed by atoms with van der Waals surface area (Å²) in [5.74, 6) is -0.345. The number of nitrogens with zero attached hydrogens (tertiary/aromatic N) is 1. The number of carbonyl (C=O) groups is 2. The minimum absolute atomic E-state index is 0.0977. The van der Waals surface area contributed by atoms with Gasteiger partial charge < -0.3 is 15.2 Å². The zero-order valence-electron chi connectivity index (χ0n) is 11.9. The molecule has 1 aromatic heterocycles. The Balaban J connectivity index is 2.16. The molecule has 0 radical (unpaired) electrons. The maximum absolute atomic E-state index is 12.3. The smallest absolute Gasteiger partial charge is 0.254 e. The van der Waals surface area contributed by atoms with Crippen LogP contribution in [0.2, 0.25) is 0 Å². The van der Waals surface area contributed by atoms with Crippen LogP contribution < -0.4 is 5.32 Å². The minimum Gasteiger partial charge on any atom is -0.361 e. The van der Waals surface area contributed by atoms with Gasteiger partial charge in [0.25, 0.3) is 5.91 Å². The molecule has 0 saturated carbocycles. The molecule has 0 aliphatic heterocycles. The number of fused-ring (bicyclic) bond motifs is 1. The van der Waals surface area contributed by atoms with Crippen LogP contribution in [-0.2, 0) is 4.79 Å². The van der Waals surface area contributed by atoms with Gasteiger partial charge in [-0.25, -0.2) is 0 Å². The van der Waals surface area contributed by atoms with E-state index >= 15 is 0 Å². The lowest BCUT2D eigenvalue weighted by Gasteiger charge is -2.20. The Bertz CT molecular complexity index is 633. The molecule has 2 rings (SSSR count). The molecule has 5 nitrogen and oxygen atoms in total. The predicted octanol–water partition coefficient (Wildman–Crippen LogP) is 1.76. The van der Waals surface area contributed by atoms with E-state index < -0.39 is 6.04 Å². The maximum Gasteiger partial charge on any atom is 0.254 e. The molecule has 106 valence electrons. The minimum atomic E-state index is -0.544. The molecule has 1 aromatic carbocycles. The number of hydrogen-bond acceptors (Lipinski definition) is 2. The zero-order valence-corrected chi connectivity index (χ0v) is 11.9. The van der Waals surface area contributed by atoms with E-state index in [0.29, 0.717) is 12.1 Å². The van der Waals surface area contributed by atoms with Gasteiger partial charge in [-0.2, -0.15) is 0 Å². The number of nitrogens with one attached hydrogen (secondary N) is 2. The highest BCUT2D eigenvalue weighted by Gasteiger charge is 2.20. The number of rotatable bonds is 4. The Labute approximate surface area is 118 Å². The van der Waals surface area contributed by atoms with Crippen molar-refractivity contribution >= 4 is 22.7 Å². The van der Waals surface area contributed by atoms with Crippen LogP contribution in [0.25, 0.3) is 10.9 Å². The first-order valence-corrected chi connectivity index (χ1v) is 6.66. The summed E-state index contributed by atoms with van der Waals surface area (Å²) < 4.78 is 0. The molecule has 0 spiro atoms. The summed E-state index contributed by atoms with van der Waals surface area (Å²) in [5, 5.41) is 3.72. The van der Waals surface area contributed by atoms with E-state index in [-0.39, 0.29) is 11.8 Å². The van der Waals surface area contributed by atoms with Crippen molar-refractivity contribution in [3.8, 4) is 0 Å². The van der Waals surface area contributed by atoms with Crippen LogP contribution in [0.3, 0.4) is 0 Å². The van der Waals surface area contributed by atoms with Crippen molar-refractivity contribution in [2.45, 2.75) is 19.9 Å². The number of aromatic nitrogens is 1. The fourth-order valence-corrected chi connectivity index (χ4v) is 2.10. The van der Waals surface area contributed by atoms with E-state index in [1.807, 2.05) is 25.1 Å². The summed E-state index contributed by atoms with van der Waals surface area (Å²) in [4.78, 5) is 28.9. The summed E-state index contributed by atoms with van der Waals surface area (Å²) in [7, 11) is 1.72. The van der Waals surface area contributed by atoms with E-state index in [0.717, 1.165) is 10.9 Å². The van der Waals surface area contributed by atoms with Crippen molar-refractivity contribution in [3.05, 3.63) is 36.0 Å². The lowest BCUT2D eigenvalue weighted by molar-refractivity contribution is -0.131. The van der Waals surface area contributed by atoms with Gasteiger partial charge >= 0.3 is 0 Å². The van der Waals surface area contributed by atoms with Gasteiger partial charge in [-0.1, -0.05) is 12.1 Å². The van der Waals surface area contributed by atoms with E-state index in [1.54, 1.807) is 31.1 Å². The molecule has 1 heterocycles. The molecule has 0 saturated heterocycles. The van der Waals surface area contributed by atoms with E-state index in [1.165, 1.54) is 0 Å². The van der Waals surface area contributed by atoms with Gasteiger partial charge in [-0.3, -0.25) is 9.59 Å². The molecule has 1 atom stereocenters. The Morgan fingerprint density at radius 1 is 1.35 bits per heavy atom. The molecule has 0 bridgehead atoms. The van der Waals surface area contributed by atoms with E-state index in [2.05, 4.69) is 10.3 Å². The highest BCUT2D eigenvalue weighted by molar-refractivity contribution is 6.06. The van der Waals surface area contributed by atoms with Crippen molar-refractivity contribution in [2.75, 3.05) is 13.6 Å². The SMILES string of the molecule is CCN(C)C(=O)C(C)NC(=O)c1cccc2cc[nH]c12. The number of likely N-dealkylation sites (N-methyl/N-ethyl adjacent to an activating group) is 1. The zero-order chi connectivity index (χ0) is 14.7. The van der Waals surface area contributed by atoms with Crippen molar-refractivity contribution in [2.24, 2.45) is 0 Å². The number of para-hydroxylation sites is 1. The van der Waals surface area contributed by atoms with Crippen molar-refractivity contribution in [1.29, 1.82) is 0 Å². The highest BCUT2D eigenvalue weighted by atomic mass is 16.2. The van der Waals surface area contributed by atoms with Crippen LogP contribution in [0.15, 0.2) is 30.5 Å². The summed E-state index contributed by atoms with van der Waals surface area (Å²) in [6.07, 6.45) is 1.79. The van der Waals surface area contributed by atoms with Crippen molar-refractivity contribution in [1.82, 2.24) is 15.2 Å². The Morgan fingerprint density at radius 3 is 2.80 bits per heavy atom. The summed E-state index contributed by atoms with van der Waals surface area (Å²) in [6, 6.07) is 6.87. The summed E-state index contributed by atoms with van der Waals surface area (Å²) >= 11 is 0. The molecule has 5 heteroatoms. The topological polar surface area (TPSA) is 65.2 Å². The number of H-pyrrole nitrogens is 1. The average Bonchev–Trinajstić information content (AvgIpc) is 2.93. The Kier molecular flexibility index (Phi) is 4.08. The maximum atomic E-state index is 12.3. The van der Waals surface area contributed by atoms with E-state index in [4.69, 9.17) is 0 Å². The quantitative estimate of drug-likeness (QED) is 0.891. The summed E-state index contributed by atoms with van der Waals surface area (Å²) in [6.45, 7) is 4.21. The molecular formula is C15H19N3O2. The number of amides is 2. The molecule has 0 fully saturated rings. The lowest BCUT2D eigenvalue weighted by atomic mass is 10.1. The first-order valence-electron chi connectivity index (χ1n) is 6.66. The predicted molar refractivity (Wildman–Crippen MR) is 78.5 cm³/mol. The van der Waals surface area contributed by atoms with Gasteiger partial charge in [0.1, 0.15) is 6.04 Å². The van der Waals surface area contributed by atoms with Gasteiger partial charge in [-0.05, 0) is 26.0 Å². The van der Waals surface area contributed by atoms with Gasteiger partial charge in [0.05, 0.1) is 11.1 Å². The van der Waals surface area contributed by atoms with Gasteiger partial charge in [-0.15, -0.1) is 0 Å². The third-order valence-electron chi connectivity index (χ3n) is 3.40. The number of aromatic amines is 1. The fraction of sp³-hybridized carbons (Fsp3) is 0.333. The molecule has 0 aliphatic carbocycles. The molecule has 0 aliphatic rings. The van der Waals surface area contributed by atoms with Crippen LogP contribution >= 0.6 is 0 Å². The summed E-state index contributed by atoms with van der Waals surface area (Å²) in [5.41, 5.74) is 1.33. The highest BCUT2D eigenvalue weighted by Crippen LogP contribution is 2.16. The van der Waals surface area contributed by atoms with Crippen LogP contribution in [-0.4, -0.2) is 41.3 Å². The normalized spacial score (nSPS) is 12.2. The van der Waals surface area contributed by atoms with Crippen molar-refractivity contribution in [3.63, 3.8) is 0 Å². The first kappa shape index (κ1) is 14.1. The second kappa shape index (κ2) is 5.77. The second-order valence-electron chi connectivity index (χ2n) is 4.80. The fourth-order valence-electron chi connectivity index (χ4n) is 2.10. The number of hydrogen-bond donors (Lipinski definition) is 2. The molecule has 2 amide bonds. The van der Waals surface area contributed by atoms with Gasteiger partial charge in [0.15, 0.2) is 0 Å². The lowest BCUT2D eigenvalue weighted by Crippen LogP contribution is -2.45. The molecule has 1 unspecified atom stereocenters. The van der Waals surface area contributed by atoms with Crippen molar-refractivity contribution < 1.29 is 9.59 Å². The van der Waals surface area contributed by atoms with Crippen LogP contribution in [0.4, 0.5) is 0 Å². The van der Waals surface area contributed by atoms with Gasteiger partial charge in [0.2, 0.25) is 5.91 Å². The molecule has 2 N–H and O–H groups in total. The van der Waals surface area contributed by atoms with E-state index in [9.17, 15) is 9.59 Å². The van der Waals surface area contributed by atoms with Crippen LogP contribution in [0.1, 0.15) is 24.2 Å². The monoisotopic (exact) mass is 273 g/mol. The molecular weight excluding hydrogens is 254 g/mol. The number of benzene rings is 1. The third-order valence-corrected chi connectivity index (χ3v) is 3.40. The third kappa shape index (κ3) is 2.66. The molecule has 2 aromatic rings. The average molecular weight is 273 g/mol.